The van der Waals surface area contributed by atoms with Crippen LogP contribution >= 0.6 is 34.5 Å². The fraction of sp³-hybridized carbons (Fsp3) is 0.333. The molecule has 1 aromatic heterocycles. The van der Waals surface area contributed by atoms with Gasteiger partial charge in [0.2, 0.25) is 5.78 Å². The predicted octanol–water partition coefficient (Wildman–Crippen LogP) is 3.04. The lowest BCUT2D eigenvalue weighted by atomic mass is 10.1. The Morgan fingerprint density at radius 3 is 2.55 bits per heavy atom. The molecule has 1 aliphatic heterocycles. The number of carbonyl (C=O) groups is 2. The van der Waals surface area contributed by atoms with Crippen LogP contribution in [0.4, 0.5) is 0 Å². The molecule has 156 valence electrons. The summed E-state index contributed by atoms with van der Waals surface area (Å²) in [6.45, 7) is 0.843. The van der Waals surface area contributed by atoms with Gasteiger partial charge in [-0.3, -0.25) is 9.59 Å². The third-order valence-corrected chi connectivity index (χ3v) is 8.11. The van der Waals surface area contributed by atoms with Crippen LogP contribution in [-0.2, 0) is 30.7 Å². The van der Waals surface area contributed by atoms with Gasteiger partial charge in [0.1, 0.15) is 4.21 Å². The van der Waals surface area contributed by atoms with Crippen LogP contribution < -0.4 is 0 Å². The van der Waals surface area contributed by atoms with Crippen LogP contribution in [0.25, 0.3) is 0 Å². The molecule has 0 unspecified atom stereocenters. The smallest absolute Gasteiger partial charge is 0.311 e. The van der Waals surface area contributed by atoms with Gasteiger partial charge in [-0.1, -0.05) is 23.2 Å². The Bertz CT molecular complexity index is 1020. The third kappa shape index (κ3) is 5.56. The number of ether oxygens (including phenoxy) is 2. The highest BCUT2D eigenvalue weighted by Crippen LogP contribution is 2.26. The van der Waals surface area contributed by atoms with Crippen LogP contribution in [0, 0.1) is 0 Å². The molecule has 2 heterocycles. The normalized spacial score (nSPS) is 15.2. The zero-order valence-electron chi connectivity index (χ0n) is 15.1. The predicted molar refractivity (Wildman–Crippen MR) is 109 cm³/mol. The van der Waals surface area contributed by atoms with Gasteiger partial charge in [0.15, 0.2) is 6.61 Å². The summed E-state index contributed by atoms with van der Waals surface area (Å²) in [5.74, 6) is -1.10. The maximum Gasteiger partial charge on any atom is 0.311 e. The van der Waals surface area contributed by atoms with Crippen molar-refractivity contribution in [1.82, 2.24) is 4.31 Å². The van der Waals surface area contributed by atoms with Crippen molar-refractivity contribution in [2.45, 2.75) is 10.6 Å². The topological polar surface area (TPSA) is 90.0 Å². The fourth-order valence-electron chi connectivity index (χ4n) is 2.64. The molecule has 0 amide bonds. The van der Waals surface area contributed by atoms with E-state index in [1.807, 2.05) is 0 Å². The average Bonchev–Trinajstić information content (AvgIpc) is 3.16. The van der Waals surface area contributed by atoms with Gasteiger partial charge in [-0.15, -0.1) is 11.3 Å². The number of benzene rings is 1. The van der Waals surface area contributed by atoms with Gasteiger partial charge in [0, 0.05) is 28.6 Å². The zero-order chi connectivity index (χ0) is 21.0. The Kier molecular flexibility index (Phi) is 7.31. The third-order valence-electron chi connectivity index (χ3n) is 4.12. The Morgan fingerprint density at radius 2 is 1.86 bits per heavy atom. The van der Waals surface area contributed by atoms with Gasteiger partial charge >= 0.3 is 5.97 Å². The second-order valence-corrected chi connectivity index (χ2v) is 10.3. The van der Waals surface area contributed by atoms with Crippen molar-refractivity contribution < 1.29 is 27.5 Å². The minimum absolute atomic E-state index is 0.134. The molecular formula is C18H17Cl2NO6S2. The molecule has 29 heavy (non-hydrogen) atoms. The van der Waals surface area contributed by atoms with Crippen molar-refractivity contribution in [2.24, 2.45) is 0 Å². The molecule has 0 N–H and O–H groups in total. The van der Waals surface area contributed by atoms with Gasteiger partial charge in [-0.25, -0.2) is 8.42 Å². The first-order chi connectivity index (χ1) is 13.8. The molecule has 2 aromatic rings. The molecule has 0 spiro atoms. The number of ketones is 1. The Morgan fingerprint density at radius 1 is 1.14 bits per heavy atom. The SMILES string of the molecule is O=C(Cc1ccc(S(=O)(=O)N2CCOCC2)s1)OCC(=O)c1ccc(Cl)cc1Cl. The maximum absolute atomic E-state index is 12.6. The van der Waals surface area contributed by atoms with Crippen molar-refractivity contribution in [2.75, 3.05) is 32.9 Å². The van der Waals surface area contributed by atoms with E-state index in [9.17, 15) is 18.0 Å². The molecule has 1 aromatic carbocycles. The van der Waals surface area contributed by atoms with Crippen LogP contribution in [0.5, 0.6) is 0 Å². The van der Waals surface area contributed by atoms with Crippen LogP contribution in [0.3, 0.4) is 0 Å². The maximum atomic E-state index is 12.6. The van der Waals surface area contributed by atoms with Gasteiger partial charge < -0.3 is 9.47 Å². The number of sulfonamides is 1. The number of halogens is 2. The minimum Gasteiger partial charge on any atom is -0.457 e. The van der Waals surface area contributed by atoms with E-state index in [0.29, 0.717) is 36.2 Å². The summed E-state index contributed by atoms with van der Waals surface area (Å²) in [4.78, 5) is 24.7. The number of carbonyl (C=O) groups excluding carboxylic acids is 2. The molecule has 1 saturated heterocycles. The lowest BCUT2D eigenvalue weighted by Crippen LogP contribution is -2.40. The summed E-state index contributed by atoms with van der Waals surface area (Å²) >= 11 is 12.8. The Hall–Kier alpha value is -1.49. The van der Waals surface area contributed by atoms with E-state index >= 15 is 0 Å². The first kappa shape index (κ1) is 22.2. The number of rotatable bonds is 7. The summed E-state index contributed by atoms with van der Waals surface area (Å²) in [5, 5.41) is 0.568. The first-order valence-electron chi connectivity index (χ1n) is 8.58. The van der Waals surface area contributed by atoms with Crippen molar-refractivity contribution in [3.8, 4) is 0 Å². The van der Waals surface area contributed by atoms with E-state index < -0.39 is 28.4 Å². The van der Waals surface area contributed by atoms with Crippen LogP contribution in [0.15, 0.2) is 34.5 Å². The van der Waals surface area contributed by atoms with Crippen LogP contribution in [-0.4, -0.2) is 57.4 Å². The van der Waals surface area contributed by atoms with Gasteiger partial charge in [-0.2, -0.15) is 4.31 Å². The van der Waals surface area contributed by atoms with E-state index in [-0.39, 0.29) is 21.2 Å². The molecule has 0 aliphatic carbocycles. The highest BCUT2D eigenvalue weighted by atomic mass is 35.5. The molecule has 0 atom stereocenters. The highest BCUT2D eigenvalue weighted by Gasteiger charge is 2.28. The standard InChI is InChI=1S/C18H17Cl2NO6S2/c19-12-1-3-14(15(20)9-12)16(22)11-27-17(23)10-13-2-4-18(28-13)29(24,25)21-5-7-26-8-6-21/h1-4,9H,5-8,10-11H2. The molecule has 1 aliphatic rings. The van der Waals surface area contributed by atoms with Crippen LogP contribution in [0.1, 0.15) is 15.2 Å². The summed E-state index contributed by atoms with van der Waals surface area (Å²) in [7, 11) is -3.61. The summed E-state index contributed by atoms with van der Waals surface area (Å²) in [6, 6.07) is 7.45. The lowest BCUT2D eigenvalue weighted by molar-refractivity contribution is -0.141. The van der Waals surface area contributed by atoms with E-state index in [4.69, 9.17) is 32.7 Å². The van der Waals surface area contributed by atoms with Crippen LogP contribution in [0.2, 0.25) is 10.0 Å². The number of esters is 1. The molecular weight excluding hydrogens is 461 g/mol. The molecule has 0 radical (unpaired) electrons. The zero-order valence-corrected chi connectivity index (χ0v) is 18.2. The van der Waals surface area contributed by atoms with Crippen molar-refractivity contribution in [3.63, 3.8) is 0 Å². The molecule has 7 nitrogen and oxygen atoms in total. The number of thiophene rings is 1. The van der Waals surface area contributed by atoms with Crippen molar-refractivity contribution >= 4 is 56.3 Å². The lowest BCUT2D eigenvalue weighted by Gasteiger charge is -2.25. The molecule has 0 saturated carbocycles. The number of hydrogen-bond donors (Lipinski definition) is 0. The summed E-state index contributed by atoms with van der Waals surface area (Å²) < 4.78 is 36.9. The quantitative estimate of drug-likeness (QED) is 0.449. The highest BCUT2D eigenvalue weighted by molar-refractivity contribution is 7.91. The Balaban J connectivity index is 1.57. The van der Waals surface area contributed by atoms with Crippen molar-refractivity contribution in [3.05, 3.63) is 50.8 Å². The largest absolute Gasteiger partial charge is 0.457 e. The second kappa shape index (κ2) is 9.55. The van der Waals surface area contributed by atoms with E-state index in [2.05, 4.69) is 0 Å². The average molecular weight is 478 g/mol. The van der Waals surface area contributed by atoms with Gasteiger partial charge in [0.05, 0.1) is 24.7 Å². The number of hydrogen-bond acceptors (Lipinski definition) is 7. The molecule has 3 rings (SSSR count). The minimum atomic E-state index is -3.61. The fourth-order valence-corrected chi connectivity index (χ4v) is 6.06. The number of Topliss-reactive ketones (excluding diaryl/α,β-unsaturated/α-hetero) is 1. The van der Waals surface area contributed by atoms with E-state index in [1.165, 1.54) is 28.6 Å². The van der Waals surface area contributed by atoms with Crippen molar-refractivity contribution in [1.29, 1.82) is 0 Å². The molecule has 11 heteroatoms. The monoisotopic (exact) mass is 477 g/mol. The first-order valence-corrected chi connectivity index (χ1v) is 11.6. The number of morpholine rings is 1. The second-order valence-electron chi connectivity index (χ2n) is 6.12. The summed E-state index contributed by atoms with van der Waals surface area (Å²) in [6.07, 6.45) is -0.134. The molecule has 1 fully saturated rings. The van der Waals surface area contributed by atoms with E-state index in [1.54, 1.807) is 6.07 Å². The van der Waals surface area contributed by atoms with E-state index in [0.717, 1.165) is 11.3 Å². The number of nitrogens with zero attached hydrogens (tertiary/aromatic N) is 1. The van der Waals surface area contributed by atoms with Gasteiger partial charge in [-0.05, 0) is 30.3 Å². The Labute approximate surface area is 182 Å². The van der Waals surface area contributed by atoms with Gasteiger partial charge in [0.25, 0.3) is 10.0 Å². The summed E-state index contributed by atoms with van der Waals surface area (Å²) in [5.41, 5.74) is 0.207. The molecule has 0 bridgehead atoms.